The molecule has 1 atom stereocenters. The first-order valence-corrected chi connectivity index (χ1v) is 12.9. The van der Waals surface area contributed by atoms with E-state index in [-0.39, 0.29) is 4.90 Å². The Morgan fingerprint density at radius 3 is 2.27 bits per heavy atom. The molecule has 9 heteroatoms. The molecule has 1 aliphatic rings. The Labute approximate surface area is 208 Å². The van der Waals surface area contributed by atoms with Gasteiger partial charge in [-0.2, -0.15) is 9.82 Å². The van der Waals surface area contributed by atoms with Gasteiger partial charge in [-0.15, -0.1) is 0 Å². The van der Waals surface area contributed by atoms with Crippen LogP contribution in [0.2, 0.25) is 15.1 Å². The molecule has 0 unspecified atom stereocenters. The quantitative estimate of drug-likeness (QED) is 0.427. The maximum atomic E-state index is 13.9. The average molecular weight is 523 g/mol. The first-order chi connectivity index (χ1) is 15.6. The molecule has 0 aliphatic carbocycles. The third-order valence-electron chi connectivity index (χ3n) is 5.65. The average Bonchev–Trinajstić information content (AvgIpc) is 3.30. The minimum Gasteiger partial charge on any atom is -0.310 e. The van der Waals surface area contributed by atoms with E-state index in [4.69, 9.17) is 34.8 Å². The smallest absolute Gasteiger partial charge is 0.242 e. The molecule has 4 rings (SSSR count). The van der Waals surface area contributed by atoms with Crippen molar-refractivity contribution in [3.8, 4) is 0 Å². The second-order valence-electron chi connectivity index (χ2n) is 7.97. The summed E-state index contributed by atoms with van der Waals surface area (Å²) in [6.45, 7) is 4.19. The molecule has 1 aliphatic heterocycles. The van der Waals surface area contributed by atoms with Crippen molar-refractivity contribution < 1.29 is 8.42 Å². The zero-order valence-electron chi connectivity index (χ0n) is 18.0. The fourth-order valence-electron chi connectivity index (χ4n) is 4.05. The molecule has 0 bridgehead atoms. The van der Waals surface area contributed by atoms with Crippen molar-refractivity contribution in [2.45, 2.75) is 30.7 Å². The molecule has 0 radical (unpaired) electrons. The van der Waals surface area contributed by atoms with E-state index in [9.17, 15) is 8.42 Å². The highest BCUT2D eigenvalue weighted by molar-refractivity contribution is 7.89. The van der Waals surface area contributed by atoms with Crippen molar-refractivity contribution in [1.29, 1.82) is 0 Å². The van der Waals surface area contributed by atoms with Crippen molar-refractivity contribution >= 4 is 50.5 Å². The van der Waals surface area contributed by atoms with E-state index in [1.165, 1.54) is 0 Å². The van der Waals surface area contributed by atoms with E-state index in [1.807, 2.05) is 13.0 Å². The van der Waals surface area contributed by atoms with E-state index in [2.05, 4.69) is 15.2 Å². The molecule has 3 aromatic rings. The van der Waals surface area contributed by atoms with Crippen LogP contribution in [0.1, 0.15) is 28.7 Å². The predicted molar refractivity (Wildman–Crippen MR) is 135 cm³/mol. The van der Waals surface area contributed by atoms with Crippen LogP contribution in [-0.4, -0.2) is 20.7 Å². The fourth-order valence-corrected chi connectivity index (χ4v) is 6.42. The van der Waals surface area contributed by atoms with Gasteiger partial charge in [0.05, 0.1) is 10.6 Å². The Balaban J connectivity index is 2.03. The van der Waals surface area contributed by atoms with E-state index in [1.54, 1.807) is 61.5 Å². The molecule has 0 fully saturated rings. The van der Waals surface area contributed by atoms with Crippen LogP contribution in [0, 0.1) is 13.8 Å². The summed E-state index contributed by atoms with van der Waals surface area (Å²) in [5.74, 6) is 0. The molecule has 172 valence electrons. The zero-order chi connectivity index (χ0) is 23.8. The lowest BCUT2D eigenvalue weighted by Crippen LogP contribution is -2.52. The number of aryl methyl sites for hydroxylation is 2. The van der Waals surface area contributed by atoms with Crippen molar-refractivity contribution in [3.05, 3.63) is 98.0 Å². The molecule has 0 aromatic heterocycles. The van der Waals surface area contributed by atoms with E-state index in [0.717, 1.165) is 5.56 Å². The van der Waals surface area contributed by atoms with Gasteiger partial charge in [-0.05, 0) is 60.9 Å². The number of rotatable bonds is 6. The summed E-state index contributed by atoms with van der Waals surface area (Å²) >= 11 is 19.0. The lowest BCUT2D eigenvalue weighted by Gasteiger charge is -2.36. The molecule has 0 saturated carbocycles. The number of benzene rings is 3. The molecular weight excluding hydrogens is 501 g/mol. The summed E-state index contributed by atoms with van der Waals surface area (Å²) in [5.41, 5.74) is 4.78. The monoisotopic (exact) mass is 521 g/mol. The molecule has 1 heterocycles. The number of hydrogen-bond acceptors (Lipinski definition) is 4. The summed E-state index contributed by atoms with van der Waals surface area (Å²) in [5, 5.41) is 5.76. The minimum absolute atomic E-state index is 0.192. The van der Waals surface area contributed by atoms with E-state index in [0.29, 0.717) is 50.4 Å². The number of nitrogens with zero attached hydrogens (tertiary/aromatic N) is 1. The van der Waals surface area contributed by atoms with Gasteiger partial charge in [-0.3, -0.25) is 0 Å². The van der Waals surface area contributed by atoms with Crippen LogP contribution in [0.25, 0.3) is 0 Å². The van der Waals surface area contributed by atoms with Gasteiger partial charge in [0.25, 0.3) is 0 Å². The van der Waals surface area contributed by atoms with Crippen LogP contribution < -0.4 is 10.1 Å². The number of hydrogen-bond donors (Lipinski definition) is 2. The molecule has 0 spiro atoms. The van der Waals surface area contributed by atoms with Crippen LogP contribution in [0.4, 0.5) is 0 Å². The summed E-state index contributed by atoms with van der Waals surface area (Å²) in [7, 11) is -4.03. The molecule has 33 heavy (non-hydrogen) atoms. The third kappa shape index (κ3) is 4.63. The van der Waals surface area contributed by atoms with Gasteiger partial charge in [-0.1, -0.05) is 65.1 Å². The minimum atomic E-state index is -4.03. The van der Waals surface area contributed by atoms with Gasteiger partial charge >= 0.3 is 0 Å². The standard InChI is InChI=1S/C24H22Cl3N3O2S/c1-15-3-4-16(2)22(13-15)33(31,32)30-24(23-11-12-28-29-23,17-5-7-18(25)8-6-17)20-10-9-19(26)14-21(20)27/h3-10,13-14,28,30H,11-12H2,1-2H3/t24-/m0/s1. The number of hydrazone groups is 1. The largest absolute Gasteiger partial charge is 0.310 e. The van der Waals surface area contributed by atoms with Gasteiger partial charge < -0.3 is 5.43 Å². The lowest BCUT2D eigenvalue weighted by atomic mass is 9.78. The second kappa shape index (κ2) is 9.28. The maximum Gasteiger partial charge on any atom is 0.242 e. The van der Waals surface area contributed by atoms with Crippen molar-refractivity contribution in [3.63, 3.8) is 0 Å². The highest BCUT2D eigenvalue weighted by atomic mass is 35.5. The highest BCUT2D eigenvalue weighted by Crippen LogP contribution is 2.40. The van der Waals surface area contributed by atoms with Crippen molar-refractivity contribution in [2.24, 2.45) is 5.10 Å². The van der Waals surface area contributed by atoms with Crippen LogP contribution in [-0.2, 0) is 15.6 Å². The highest BCUT2D eigenvalue weighted by Gasteiger charge is 2.46. The molecule has 2 N–H and O–H groups in total. The molecule has 0 saturated heterocycles. The number of halogens is 3. The van der Waals surface area contributed by atoms with Crippen molar-refractivity contribution in [1.82, 2.24) is 10.1 Å². The van der Waals surface area contributed by atoms with Gasteiger partial charge in [0.2, 0.25) is 10.0 Å². The SMILES string of the molecule is Cc1ccc(C)c(S(=O)(=O)N[C@@](C2=NNCC2)(c2ccc(Cl)cc2)c2ccc(Cl)cc2Cl)c1. The Morgan fingerprint density at radius 2 is 1.64 bits per heavy atom. The summed E-state index contributed by atoms with van der Waals surface area (Å²) in [6, 6.07) is 17.3. The Kier molecular flexibility index (Phi) is 6.76. The third-order valence-corrected chi connectivity index (χ3v) is 8.05. The topological polar surface area (TPSA) is 70.6 Å². The lowest BCUT2D eigenvalue weighted by molar-refractivity contribution is 0.548. The van der Waals surface area contributed by atoms with Gasteiger partial charge in [0, 0.05) is 33.6 Å². The first-order valence-electron chi connectivity index (χ1n) is 10.3. The van der Waals surface area contributed by atoms with Gasteiger partial charge in [-0.25, -0.2) is 8.42 Å². The Bertz CT molecular complexity index is 1340. The van der Waals surface area contributed by atoms with Crippen LogP contribution in [0.5, 0.6) is 0 Å². The van der Waals surface area contributed by atoms with Gasteiger partial charge in [0.1, 0.15) is 5.54 Å². The fraction of sp³-hybridized carbons (Fsp3) is 0.208. The summed E-state index contributed by atoms with van der Waals surface area (Å²) in [6.07, 6.45) is 0.511. The number of sulfonamides is 1. The van der Waals surface area contributed by atoms with Gasteiger partial charge in [0.15, 0.2) is 0 Å². The van der Waals surface area contributed by atoms with E-state index < -0.39 is 15.6 Å². The second-order valence-corrected chi connectivity index (χ2v) is 10.9. The van der Waals surface area contributed by atoms with Crippen LogP contribution >= 0.6 is 34.8 Å². The predicted octanol–water partition coefficient (Wildman–Crippen LogP) is 5.84. The Morgan fingerprint density at radius 1 is 0.939 bits per heavy atom. The van der Waals surface area contributed by atoms with Crippen LogP contribution in [0.15, 0.2) is 70.7 Å². The molecular formula is C24H22Cl3N3O2S. The summed E-state index contributed by atoms with van der Waals surface area (Å²) in [4.78, 5) is 0.192. The first kappa shape index (κ1) is 24.0. The zero-order valence-corrected chi connectivity index (χ0v) is 21.1. The Hall–Kier alpha value is -2.09. The van der Waals surface area contributed by atoms with Crippen molar-refractivity contribution in [2.75, 3.05) is 6.54 Å². The molecule has 5 nitrogen and oxygen atoms in total. The number of nitrogens with one attached hydrogen (secondary N) is 2. The summed E-state index contributed by atoms with van der Waals surface area (Å²) < 4.78 is 30.8. The maximum absolute atomic E-state index is 13.9. The van der Waals surface area contributed by atoms with E-state index >= 15 is 0 Å². The molecule has 0 amide bonds. The molecule has 3 aromatic carbocycles. The van der Waals surface area contributed by atoms with Crippen LogP contribution in [0.3, 0.4) is 0 Å². The normalized spacial score (nSPS) is 15.6.